The molecule has 0 saturated heterocycles. The molecule has 0 aliphatic rings. The summed E-state index contributed by atoms with van der Waals surface area (Å²) in [4.78, 5) is 4.42. The van der Waals surface area contributed by atoms with Crippen molar-refractivity contribution in [3.8, 4) is 0 Å². The van der Waals surface area contributed by atoms with Crippen LogP contribution in [0, 0.1) is 0 Å². The van der Waals surface area contributed by atoms with Crippen molar-refractivity contribution in [3.63, 3.8) is 0 Å². The van der Waals surface area contributed by atoms with E-state index in [-0.39, 0.29) is 5.41 Å². The maximum Gasteiger partial charge on any atom is 0.0719 e. The maximum absolute atomic E-state index is 5.99. The molecule has 0 aliphatic heterocycles. The Morgan fingerprint density at radius 1 is 1.29 bits per heavy atom. The monoisotopic (exact) mass is 248 g/mol. The third-order valence-corrected chi connectivity index (χ3v) is 3.11. The topological polar surface area (TPSA) is 38.9 Å². The van der Waals surface area contributed by atoms with Crippen LogP contribution in [0.4, 0.5) is 0 Å². The molecule has 0 bridgehead atoms. The minimum atomic E-state index is 0.0454. The van der Waals surface area contributed by atoms with Gasteiger partial charge in [0.15, 0.2) is 0 Å². The lowest BCUT2D eigenvalue weighted by molar-refractivity contribution is 0.587. The van der Waals surface area contributed by atoms with Crippen LogP contribution in [0.1, 0.15) is 31.9 Å². The normalized spacial score (nSPS) is 12.1. The summed E-state index contributed by atoms with van der Waals surface area (Å²) in [6.45, 7) is 7.08. The van der Waals surface area contributed by atoms with Gasteiger partial charge in [-0.3, -0.25) is 4.98 Å². The van der Waals surface area contributed by atoms with Crippen molar-refractivity contribution in [2.45, 2.75) is 32.7 Å². The molecule has 1 aromatic carbocycles. The summed E-state index contributed by atoms with van der Waals surface area (Å²) in [7, 11) is 0. The average molecular weight is 249 g/mol. The van der Waals surface area contributed by atoms with Gasteiger partial charge in [0.1, 0.15) is 0 Å². The van der Waals surface area contributed by atoms with Crippen molar-refractivity contribution in [2.24, 2.45) is 5.73 Å². The first kappa shape index (κ1) is 12.3. The van der Waals surface area contributed by atoms with Crippen LogP contribution in [0.2, 0.25) is 5.02 Å². The predicted octanol–water partition coefficient (Wildman–Crippen LogP) is 3.64. The number of hydrogen-bond acceptors (Lipinski definition) is 2. The van der Waals surface area contributed by atoms with E-state index in [2.05, 4.69) is 25.8 Å². The highest BCUT2D eigenvalue weighted by atomic mass is 35.5. The van der Waals surface area contributed by atoms with E-state index in [0.29, 0.717) is 11.6 Å². The lowest BCUT2D eigenvalue weighted by Crippen LogP contribution is -2.17. The molecular formula is C14H17ClN2. The molecule has 0 atom stereocenters. The number of fused-ring (bicyclic) bond motifs is 1. The smallest absolute Gasteiger partial charge is 0.0719 e. The van der Waals surface area contributed by atoms with E-state index < -0.39 is 0 Å². The Bertz CT molecular complexity index is 556. The van der Waals surface area contributed by atoms with Crippen LogP contribution < -0.4 is 5.73 Å². The minimum absolute atomic E-state index is 0.0454. The molecule has 0 spiro atoms. The second-order valence-electron chi connectivity index (χ2n) is 5.27. The number of rotatable bonds is 1. The van der Waals surface area contributed by atoms with E-state index in [4.69, 9.17) is 17.3 Å². The fraction of sp³-hybridized carbons (Fsp3) is 0.357. The summed E-state index contributed by atoms with van der Waals surface area (Å²) in [5, 5.41) is 1.86. The minimum Gasteiger partial charge on any atom is -0.326 e. The maximum atomic E-state index is 5.99. The van der Waals surface area contributed by atoms with Crippen molar-refractivity contribution in [3.05, 3.63) is 40.5 Å². The third kappa shape index (κ3) is 2.28. The highest BCUT2D eigenvalue weighted by Crippen LogP contribution is 2.32. The molecule has 0 fully saturated rings. The first-order valence-corrected chi connectivity index (χ1v) is 6.09. The van der Waals surface area contributed by atoms with Gasteiger partial charge in [0.2, 0.25) is 0 Å². The molecule has 90 valence electrons. The van der Waals surface area contributed by atoms with Gasteiger partial charge in [0.25, 0.3) is 0 Å². The van der Waals surface area contributed by atoms with E-state index in [0.717, 1.165) is 16.5 Å². The second kappa shape index (κ2) is 4.28. The summed E-state index contributed by atoms with van der Waals surface area (Å²) < 4.78 is 0. The highest BCUT2D eigenvalue weighted by molar-refractivity contribution is 6.31. The summed E-state index contributed by atoms with van der Waals surface area (Å²) in [6, 6.07) is 5.83. The Balaban J connectivity index is 2.84. The Morgan fingerprint density at radius 2 is 2.00 bits per heavy atom. The molecule has 0 radical (unpaired) electrons. The number of nitrogens with two attached hydrogens (primary N) is 1. The number of nitrogens with zero attached hydrogens (tertiary/aromatic N) is 1. The summed E-state index contributed by atoms with van der Waals surface area (Å²) in [5.74, 6) is 0. The summed E-state index contributed by atoms with van der Waals surface area (Å²) >= 11 is 5.99. The van der Waals surface area contributed by atoms with Crippen LogP contribution in [0.3, 0.4) is 0 Å². The van der Waals surface area contributed by atoms with Crippen LogP contribution >= 0.6 is 11.6 Å². The summed E-state index contributed by atoms with van der Waals surface area (Å²) in [5.41, 5.74) is 9.15. The van der Waals surface area contributed by atoms with Gasteiger partial charge in [0.05, 0.1) is 5.52 Å². The van der Waals surface area contributed by atoms with Gasteiger partial charge in [-0.1, -0.05) is 38.4 Å². The fourth-order valence-electron chi connectivity index (χ4n) is 2.25. The van der Waals surface area contributed by atoms with Crippen molar-refractivity contribution < 1.29 is 0 Å². The van der Waals surface area contributed by atoms with E-state index in [1.165, 1.54) is 5.56 Å². The molecule has 1 aromatic heterocycles. The first-order chi connectivity index (χ1) is 7.93. The molecule has 2 nitrogen and oxygen atoms in total. The van der Waals surface area contributed by atoms with Gasteiger partial charge in [-0.25, -0.2) is 0 Å². The van der Waals surface area contributed by atoms with Crippen LogP contribution in [-0.4, -0.2) is 4.98 Å². The van der Waals surface area contributed by atoms with Gasteiger partial charge in [0, 0.05) is 23.2 Å². The van der Waals surface area contributed by atoms with Gasteiger partial charge in [-0.2, -0.15) is 0 Å². The van der Waals surface area contributed by atoms with Crippen molar-refractivity contribution in [2.75, 3.05) is 0 Å². The van der Waals surface area contributed by atoms with Crippen LogP contribution in [0.15, 0.2) is 24.4 Å². The largest absolute Gasteiger partial charge is 0.326 e. The average Bonchev–Trinajstić information content (AvgIpc) is 2.25. The molecular weight excluding hydrogens is 232 g/mol. The van der Waals surface area contributed by atoms with Crippen LogP contribution in [-0.2, 0) is 12.0 Å². The van der Waals surface area contributed by atoms with Crippen LogP contribution in [0.25, 0.3) is 10.9 Å². The first-order valence-electron chi connectivity index (χ1n) is 5.71. The number of benzene rings is 1. The Morgan fingerprint density at radius 3 is 2.59 bits per heavy atom. The molecule has 0 amide bonds. The molecule has 2 N–H and O–H groups in total. The zero-order valence-electron chi connectivity index (χ0n) is 10.4. The number of aromatic nitrogens is 1. The second-order valence-corrected chi connectivity index (χ2v) is 5.71. The van der Waals surface area contributed by atoms with Crippen molar-refractivity contribution in [1.29, 1.82) is 0 Å². The van der Waals surface area contributed by atoms with Gasteiger partial charge in [-0.15, -0.1) is 0 Å². The number of halogens is 1. The van der Waals surface area contributed by atoms with Crippen molar-refractivity contribution in [1.82, 2.24) is 4.98 Å². The molecule has 2 rings (SSSR count). The molecule has 0 unspecified atom stereocenters. The number of pyridine rings is 1. The third-order valence-electron chi connectivity index (χ3n) is 2.88. The van der Waals surface area contributed by atoms with Crippen LogP contribution in [0.5, 0.6) is 0 Å². The fourth-order valence-corrected chi connectivity index (χ4v) is 2.41. The van der Waals surface area contributed by atoms with Gasteiger partial charge < -0.3 is 5.73 Å². The Hall–Kier alpha value is -1.12. The zero-order valence-corrected chi connectivity index (χ0v) is 11.2. The zero-order chi connectivity index (χ0) is 12.6. The molecule has 0 aliphatic carbocycles. The molecule has 2 aromatic rings. The van der Waals surface area contributed by atoms with Gasteiger partial charge in [-0.05, 0) is 28.7 Å². The molecule has 0 saturated carbocycles. The Kier molecular flexibility index (Phi) is 3.11. The lowest BCUT2D eigenvalue weighted by atomic mass is 9.82. The van der Waals surface area contributed by atoms with Gasteiger partial charge >= 0.3 is 0 Å². The predicted molar refractivity (Wildman–Crippen MR) is 73.3 cm³/mol. The SMILES string of the molecule is CC(C)(C)c1c(CN)cnc2cc(Cl)ccc12. The van der Waals surface area contributed by atoms with E-state index in [9.17, 15) is 0 Å². The standard InChI is InChI=1S/C14H17ClN2/c1-14(2,3)13-9(7-16)8-17-12-6-10(15)4-5-11(12)13/h4-6,8H,7,16H2,1-3H3. The van der Waals surface area contributed by atoms with E-state index >= 15 is 0 Å². The summed E-state index contributed by atoms with van der Waals surface area (Å²) in [6.07, 6.45) is 1.86. The molecule has 17 heavy (non-hydrogen) atoms. The van der Waals surface area contributed by atoms with E-state index in [1.807, 2.05) is 24.4 Å². The van der Waals surface area contributed by atoms with E-state index in [1.54, 1.807) is 0 Å². The van der Waals surface area contributed by atoms with Crippen molar-refractivity contribution >= 4 is 22.5 Å². The number of hydrogen-bond donors (Lipinski definition) is 1. The quantitative estimate of drug-likeness (QED) is 0.837. The highest BCUT2D eigenvalue weighted by Gasteiger charge is 2.20. The Labute approximate surface area is 107 Å². The molecule has 1 heterocycles. The lowest BCUT2D eigenvalue weighted by Gasteiger charge is -2.24. The molecule has 3 heteroatoms.